The van der Waals surface area contributed by atoms with Crippen molar-refractivity contribution in [3.05, 3.63) is 58.4 Å². The van der Waals surface area contributed by atoms with Gasteiger partial charge in [-0.25, -0.2) is 4.39 Å². The first kappa shape index (κ1) is 15.3. The normalized spacial score (nSPS) is 10.3. The number of halogens is 2. The topological polar surface area (TPSA) is 35.5 Å². The van der Waals surface area contributed by atoms with Crippen LogP contribution in [0.1, 0.15) is 15.9 Å². The van der Waals surface area contributed by atoms with Gasteiger partial charge in [0, 0.05) is 11.4 Å². The van der Waals surface area contributed by atoms with E-state index in [0.29, 0.717) is 22.6 Å². The van der Waals surface area contributed by atoms with Crippen molar-refractivity contribution in [3.63, 3.8) is 0 Å². The molecule has 0 aliphatic heterocycles. The van der Waals surface area contributed by atoms with Crippen LogP contribution in [0, 0.1) is 5.82 Å². The molecule has 0 saturated heterocycles. The largest absolute Gasteiger partial charge is 0.497 e. The Kier molecular flexibility index (Phi) is 4.81. The van der Waals surface area contributed by atoms with E-state index >= 15 is 0 Å². The van der Waals surface area contributed by atoms with Gasteiger partial charge in [0.1, 0.15) is 17.3 Å². The maximum absolute atomic E-state index is 13.0. The Bertz CT molecular complexity index is 671. The van der Waals surface area contributed by atoms with E-state index in [4.69, 9.17) is 21.1 Å². The number of ether oxygens (including phenoxy) is 2. The van der Waals surface area contributed by atoms with E-state index in [2.05, 4.69) is 0 Å². The molecule has 0 N–H and O–H groups in total. The van der Waals surface area contributed by atoms with Crippen molar-refractivity contribution in [1.29, 1.82) is 0 Å². The van der Waals surface area contributed by atoms with Gasteiger partial charge in [-0.05, 0) is 35.9 Å². The molecule has 0 saturated carbocycles. The van der Waals surface area contributed by atoms with Crippen LogP contribution >= 0.6 is 11.6 Å². The zero-order valence-electron chi connectivity index (χ0n) is 11.7. The molecule has 5 heteroatoms. The van der Waals surface area contributed by atoms with Crippen LogP contribution in [0.2, 0.25) is 5.02 Å². The zero-order valence-corrected chi connectivity index (χ0v) is 12.4. The highest BCUT2D eigenvalue weighted by Crippen LogP contribution is 2.26. The third-order valence-electron chi connectivity index (χ3n) is 3.07. The van der Waals surface area contributed by atoms with Gasteiger partial charge < -0.3 is 9.47 Å². The van der Waals surface area contributed by atoms with Gasteiger partial charge in [-0.1, -0.05) is 17.7 Å². The third-order valence-corrected chi connectivity index (χ3v) is 3.43. The second kappa shape index (κ2) is 6.59. The summed E-state index contributed by atoms with van der Waals surface area (Å²) in [5, 5.41) is 0.227. The lowest BCUT2D eigenvalue weighted by Crippen LogP contribution is -2.07. The van der Waals surface area contributed by atoms with E-state index in [9.17, 15) is 9.18 Å². The summed E-state index contributed by atoms with van der Waals surface area (Å²) in [5.41, 5.74) is 0.963. The average molecular weight is 309 g/mol. The lowest BCUT2D eigenvalue weighted by molar-refractivity contribution is 0.0989. The predicted octanol–water partition coefficient (Wildman–Crippen LogP) is 3.92. The molecule has 0 bridgehead atoms. The lowest BCUT2D eigenvalue weighted by atomic mass is 10.0. The Morgan fingerprint density at radius 2 is 1.90 bits per heavy atom. The number of methoxy groups -OCH3 is 2. The van der Waals surface area contributed by atoms with Crippen LogP contribution in [-0.4, -0.2) is 20.0 Å². The average Bonchev–Trinajstić information content (AvgIpc) is 2.49. The van der Waals surface area contributed by atoms with Crippen LogP contribution in [0.4, 0.5) is 4.39 Å². The Balaban J connectivity index is 2.31. The van der Waals surface area contributed by atoms with Gasteiger partial charge in [-0.3, -0.25) is 4.79 Å². The van der Waals surface area contributed by atoms with E-state index in [1.807, 2.05) is 0 Å². The van der Waals surface area contributed by atoms with Crippen LogP contribution in [0.3, 0.4) is 0 Å². The van der Waals surface area contributed by atoms with Crippen LogP contribution in [0.25, 0.3) is 0 Å². The standard InChI is InChI=1S/C16H14ClFO3/c1-20-12-5-6-16(21-2)13(9-12)15(19)7-10-3-4-11(18)8-14(10)17/h3-6,8-9H,7H2,1-2H3. The van der Waals surface area contributed by atoms with E-state index in [-0.39, 0.29) is 17.2 Å². The summed E-state index contributed by atoms with van der Waals surface area (Å²) in [5.74, 6) is 0.401. The molecule has 0 amide bonds. The minimum atomic E-state index is -0.435. The van der Waals surface area contributed by atoms with Gasteiger partial charge in [0.25, 0.3) is 0 Å². The molecule has 0 unspecified atom stereocenters. The van der Waals surface area contributed by atoms with Crippen molar-refractivity contribution in [2.75, 3.05) is 14.2 Å². The number of carbonyl (C=O) groups is 1. The summed E-state index contributed by atoms with van der Waals surface area (Å²) >= 11 is 5.95. The molecule has 0 spiro atoms. The van der Waals surface area contributed by atoms with Crippen molar-refractivity contribution in [2.45, 2.75) is 6.42 Å². The monoisotopic (exact) mass is 308 g/mol. The van der Waals surface area contributed by atoms with Gasteiger partial charge in [0.15, 0.2) is 5.78 Å². The van der Waals surface area contributed by atoms with E-state index in [1.165, 1.54) is 32.4 Å². The van der Waals surface area contributed by atoms with E-state index in [0.717, 1.165) is 0 Å². The molecule has 110 valence electrons. The third kappa shape index (κ3) is 3.52. The Labute approximate surface area is 127 Å². The van der Waals surface area contributed by atoms with Gasteiger partial charge in [-0.2, -0.15) is 0 Å². The van der Waals surface area contributed by atoms with Gasteiger partial charge in [-0.15, -0.1) is 0 Å². The fourth-order valence-electron chi connectivity index (χ4n) is 1.97. The molecule has 0 aliphatic carbocycles. The number of hydrogen-bond acceptors (Lipinski definition) is 3. The fourth-order valence-corrected chi connectivity index (χ4v) is 2.20. The summed E-state index contributed by atoms with van der Waals surface area (Å²) in [7, 11) is 3.01. The maximum atomic E-state index is 13.0. The van der Waals surface area contributed by atoms with Gasteiger partial charge >= 0.3 is 0 Å². The second-order valence-corrected chi connectivity index (χ2v) is 4.81. The number of carbonyl (C=O) groups excluding carboxylic acids is 1. The molecular weight excluding hydrogens is 295 g/mol. The first-order chi connectivity index (χ1) is 10.0. The number of ketones is 1. The number of hydrogen-bond donors (Lipinski definition) is 0. The second-order valence-electron chi connectivity index (χ2n) is 4.40. The minimum Gasteiger partial charge on any atom is -0.497 e. The number of benzene rings is 2. The predicted molar refractivity (Wildman–Crippen MR) is 79.0 cm³/mol. The molecule has 0 aromatic heterocycles. The first-order valence-corrected chi connectivity index (χ1v) is 6.62. The first-order valence-electron chi connectivity index (χ1n) is 6.24. The minimum absolute atomic E-state index is 0.0582. The molecule has 2 aromatic rings. The summed E-state index contributed by atoms with van der Waals surface area (Å²) in [4.78, 5) is 12.4. The summed E-state index contributed by atoms with van der Waals surface area (Å²) < 4.78 is 23.3. The molecular formula is C16H14ClFO3. The molecule has 0 radical (unpaired) electrons. The molecule has 21 heavy (non-hydrogen) atoms. The van der Waals surface area contributed by atoms with Crippen molar-refractivity contribution in [1.82, 2.24) is 0 Å². The Morgan fingerprint density at radius 3 is 2.52 bits per heavy atom. The quantitative estimate of drug-likeness (QED) is 0.785. The van der Waals surface area contributed by atoms with Crippen molar-refractivity contribution in [3.8, 4) is 11.5 Å². The SMILES string of the molecule is COc1ccc(OC)c(C(=O)Cc2ccc(F)cc2Cl)c1. The van der Waals surface area contributed by atoms with Crippen molar-refractivity contribution < 1.29 is 18.7 Å². The summed E-state index contributed by atoms with van der Waals surface area (Å²) in [6, 6.07) is 8.95. The van der Waals surface area contributed by atoms with Crippen LogP contribution in [-0.2, 0) is 6.42 Å². The molecule has 2 aromatic carbocycles. The van der Waals surface area contributed by atoms with Crippen molar-refractivity contribution >= 4 is 17.4 Å². The highest BCUT2D eigenvalue weighted by Gasteiger charge is 2.16. The molecule has 2 rings (SSSR count). The highest BCUT2D eigenvalue weighted by atomic mass is 35.5. The number of Topliss-reactive ketones (excluding diaryl/α,β-unsaturated/α-hetero) is 1. The lowest BCUT2D eigenvalue weighted by Gasteiger charge is -2.10. The highest BCUT2D eigenvalue weighted by molar-refractivity contribution is 6.31. The van der Waals surface area contributed by atoms with Crippen LogP contribution in [0.15, 0.2) is 36.4 Å². The Morgan fingerprint density at radius 1 is 1.14 bits per heavy atom. The van der Waals surface area contributed by atoms with E-state index < -0.39 is 5.82 Å². The fraction of sp³-hybridized carbons (Fsp3) is 0.188. The van der Waals surface area contributed by atoms with Gasteiger partial charge in [0.2, 0.25) is 0 Å². The summed E-state index contributed by atoms with van der Waals surface area (Å²) in [6.07, 6.45) is 0.0582. The van der Waals surface area contributed by atoms with Crippen LogP contribution < -0.4 is 9.47 Å². The molecule has 0 aliphatic rings. The maximum Gasteiger partial charge on any atom is 0.171 e. The smallest absolute Gasteiger partial charge is 0.171 e. The van der Waals surface area contributed by atoms with Crippen LogP contribution in [0.5, 0.6) is 11.5 Å². The van der Waals surface area contributed by atoms with Crippen molar-refractivity contribution in [2.24, 2.45) is 0 Å². The molecule has 0 fully saturated rings. The zero-order chi connectivity index (χ0) is 15.4. The number of rotatable bonds is 5. The molecule has 0 atom stereocenters. The molecule has 0 heterocycles. The Hall–Kier alpha value is -2.07. The molecule has 3 nitrogen and oxygen atoms in total. The van der Waals surface area contributed by atoms with Gasteiger partial charge in [0.05, 0.1) is 19.8 Å². The summed E-state index contributed by atoms with van der Waals surface area (Å²) in [6.45, 7) is 0. The van der Waals surface area contributed by atoms with E-state index in [1.54, 1.807) is 18.2 Å².